The van der Waals surface area contributed by atoms with Crippen LogP contribution in [0.5, 0.6) is 0 Å². The molecule has 2 saturated carbocycles. The number of hydrogen-bond acceptors (Lipinski definition) is 2. The molecule has 0 radical (unpaired) electrons. The number of rotatable bonds is 4. The van der Waals surface area contributed by atoms with Crippen LogP contribution in [-0.2, 0) is 0 Å². The first-order valence-corrected chi connectivity index (χ1v) is 12.1. The van der Waals surface area contributed by atoms with E-state index in [1.807, 2.05) is 6.08 Å². The van der Waals surface area contributed by atoms with Gasteiger partial charge in [-0.1, -0.05) is 83.3 Å². The van der Waals surface area contributed by atoms with Gasteiger partial charge >= 0.3 is 0 Å². The molecule has 0 atom stereocenters. The minimum absolute atomic E-state index is 0.674. The largest absolute Gasteiger partial charge is 0.382 e. The van der Waals surface area contributed by atoms with Crippen LogP contribution in [0.2, 0.25) is 0 Å². The predicted octanol–water partition coefficient (Wildman–Crippen LogP) is 7.49. The van der Waals surface area contributed by atoms with Crippen LogP contribution in [0.15, 0.2) is 40.7 Å². The van der Waals surface area contributed by atoms with Gasteiger partial charge in [0.1, 0.15) is 0 Å². The van der Waals surface area contributed by atoms with Gasteiger partial charge < -0.3 is 5.32 Å². The molecule has 3 aliphatic rings. The molecule has 1 N–H and O–H groups in total. The molecule has 0 spiro atoms. The van der Waals surface area contributed by atoms with Gasteiger partial charge in [0.05, 0.1) is 12.2 Å². The first-order chi connectivity index (χ1) is 13.8. The third-order valence-electron chi connectivity index (χ3n) is 7.13. The number of hydrogen-bond donors (Lipinski definition) is 1. The normalized spacial score (nSPS) is 24.9. The highest BCUT2D eigenvalue weighted by molar-refractivity contribution is 5.85. The van der Waals surface area contributed by atoms with E-state index < -0.39 is 0 Å². The zero-order chi connectivity index (χ0) is 19.6. The van der Waals surface area contributed by atoms with Crippen molar-refractivity contribution >= 4 is 5.71 Å². The van der Waals surface area contributed by atoms with Gasteiger partial charge in [-0.15, -0.1) is 0 Å². The first kappa shape index (κ1) is 21.4. The summed E-state index contributed by atoms with van der Waals surface area (Å²) in [5.74, 6) is 1.38. The van der Waals surface area contributed by atoms with Crippen LogP contribution >= 0.6 is 0 Å². The molecule has 0 amide bonds. The average molecular weight is 383 g/mol. The summed E-state index contributed by atoms with van der Waals surface area (Å²) >= 11 is 0. The Hall–Kier alpha value is -1.31. The van der Waals surface area contributed by atoms with E-state index in [0.29, 0.717) is 11.8 Å². The van der Waals surface area contributed by atoms with Crippen molar-refractivity contribution < 1.29 is 0 Å². The summed E-state index contributed by atoms with van der Waals surface area (Å²) in [6.07, 6.45) is 25.1. The molecule has 156 valence electrons. The molecule has 0 aromatic carbocycles. The van der Waals surface area contributed by atoms with Gasteiger partial charge in [-0.3, -0.25) is 4.99 Å². The first-order valence-electron chi connectivity index (χ1n) is 12.1. The zero-order valence-electron chi connectivity index (χ0n) is 18.3. The highest BCUT2D eigenvalue weighted by Gasteiger charge is 2.21. The number of aliphatic imine (C=N–C) groups is 1. The van der Waals surface area contributed by atoms with Crippen molar-refractivity contribution in [2.45, 2.75) is 103 Å². The second-order valence-electron chi connectivity index (χ2n) is 9.25. The van der Waals surface area contributed by atoms with Crippen LogP contribution in [0.4, 0.5) is 0 Å². The van der Waals surface area contributed by atoms with Crippen LogP contribution in [0, 0.1) is 11.8 Å². The van der Waals surface area contributed by atoms with Crippen LogP contribution in [-0.4, -0.2) is 12.3 Å². The Morgan fingerprint density at radius 2 is 1.43 bits per heavy atom. The lowest BCUT2D eigenvalue weighted by Crippen LogP contribution is -2.27. The van der Waals surface area contributed by atoms with Crippen LogP contribution in [0.25, 0.3) is 0 Å². The second kappa shape index (κ2) is 11.6. The maximum absolute atomic E-state index is 5.15. The van der Waals surface area contributed by atoms with Gasteiger partial charge in [-0.05, 0) is 56.1 Å². The third-order valence-corrected chi connectivity index (χ3v) is 7.13. The maximum Gasteiger partial charge on any atom is 0.0666 e. The van der Waals surface area contributed by atoms with Gasteiger partial charge in [-0.25, -0.2) is 0 Å². The fourth-order valence-corrected chi connectivity index (χ4v) is 5.25. The molecule has 0 unspecified atom stereocenters. The van der Waals surface area contributed by atoms with Crippen molar-refractivity contribution in [3.63, 3.8) is 0 Å². The van der Waals surface area contributed by atoms with E-state index in [2.05, 4.69) is 24.9 Å². The van der Waals surface area contributed by atoms with E-state index in [4.69, 9.17) is 4.99 Å². The van der Waals surface area contributed by atoms with Crippen molar-refractivity contribution in [1.29, 1.82) is 0 Å². The summed E-state index contributed by atoms with van der Waals surface area (Å²) in [4.78, 5) is 5.15. The van der Waals surface area contributed by atoms with Crippen LogP contribution in [0.3, 0.4) is 0 Å². The molecule has 2 nitrogen and oxygen atoms in total. The molecule has 2 heteroatoms. The topological polar surface area (TPSA) is 24.4 Å². The standard InChI is InChI=1S/C26H42N2/c1-3-22-19-25(24-17-13-9-6-10-14-18-24)27-20-26(22)28-21(2)23-15-11-7-4-5-8-12-16-23/h3,19,23-24,27H,1,4-18,20H2,2H3/b28-21+. The second-order valence-corrected chi connectivity index (χ2v) is 9.25. The van der Waals surface area contributed by atoms with E-state index in [1.165, 1.54) is 119 Å². The van der Waals surface area contributed by atoms with Crippen molar-refractivity contribution in [3.05, 3.63) is 35.7 Å². The lowest BCUT2D eigenvalue weighted by atomic mass is 9.87. The summed E-state index contributed by atoms with van der Waals surface area (Å²) in [7, 11) is 0. The van der Waals surface area contributed by atoms with Crippen molar-refractivity contribution in [2.24, 2.45) is 16.8 Å². The molecular weight excluding hydrogens is 340 g/mol. The number of nitrogens with one attached hydrogen (secondary N) is 1. The molecule has 0 bridgehead atoms. The van der Waals surface area contributed by atoms with Gasteiger partial charge in [0.15, 0.2) is 0 Å². The molecular formula is C26H42N2. The lowest BCUT2D eigenvalue weighted by molar-refractivity contribution is 0.404. The Morgan fingerprint density at radius 1 is 0.893 bits per heavy atom. The molecule has 2 fully saturated rings. The minimum atomic E-state index is 0.674. The Bertz CT molecular complexity index is 578. The monoisotopic (exact) mass is 382 g/mol. The molecule has 0 aromatic rings. The SMILES string of the molecule is C=CC1=C(/N=C(\C)C2CCCCCCCC2)CNC(C2CCCCCCC2)=C1. The summed E-state index contributed by atoms with van der Waals surface area (Å²) < 4.78 is 0. The molecule has 2 aliphatic carbocycles. The maximum atomic E-state index is 5.15. The number of dihydropyridines is 1. The van der Waals surface area contributed by atoms with Gasteiger partial charge in [-0.2, -0.15) is 0 Å². The minimum Gasteiger partial charge on any atom is -0.382 e. The number of allylic oxidation sites excluding steroid dienone is 4. The highest BCUT2D eigenvalue weighted by Crippen LogP contribution is 2.30. The Balaban J connectivity index is 1.72. The quantitative estimate of drug-likeness (QED) is 0.500. The summed E-state index contributed by atoms with van der Waals surface area (Å²) in [6, 6.07) is 0. The van der Waals surface area contributed by atoms with E-state index >= 15 is 0 Å². The van der Waals surface area contributed by atoms with Crippen LogP contribution in [0.1, 0.15) is 103 Å². The Morgan fingerprint density at radius 3 is 2.00 bits per heavy atom. The van der Waals surface area contributed by atoms with E-state index in [-0.39, 0.29) is 0 Å². The Labute approximate surface area is 173 Å². The van der Waals surface area contributed by atoms with Crippen molar-refractivity contribution in [2.75, 3.05) is 6.54 Å². The average Bonchev–Trinajstić information content (AvgIpc) is 2.82. The lowest BCUT2D eigenvalue weighted by Gasteiger charge is -2.27. The molecule has 28 heavy (non-hydrogen) atoms. The zero-order valence-corrected chi connectivity index (χ0v) is 18.3. The van der Waals surface area contributed by atoms with Crippen molar-refractivity contribution in [3.8, 4) is 0 Å². The summed E-state index contributed by atoms with van der Waals surface area (Å²) in [6.45, 7) is 7.24. The fraction of sp³-hybridized carbons (Fsp3) is 0.731. The predicted molar refractivity (Wildman–Crippen MR) is 123 cm³/mol. The van der Waals surface area contributed by atoms with Crippen LogP contribution < -0.4 is 5.32 Å². The summed E-state index contributed by atoms with van der Waals surface area (Å²) in [5, 5.41) is 3.74. The van der Waals surface area contributed by atoms with Gasteiger partial charge in [0.2, 0.25) is 0 Å². The molecule has 3 rings (SSSR count). The van der Waals surface area contributed by atoms with Gasteiger partial charge in [0, 0.05) is 11.4 Å². The van der Waals surface area contributed by atoms with E-state index in [1.54, 1.807) is 0 Å². The fourth-order valence-electron chi connectivity index (χ4n) is 5.25. The molecule has 1 aliphatic heterocycles. The van der Waals surface area contributed by atoms with E-state index in [0.717, 1.165) is 6.54 Å². The molecule has 1 heterocycles. The van der Waals surface area contributed by atoms with Crippen molar-refractivity contribution in [1.82, 2.24) is 5.32 Å². The molecule has 0 saturated heterocycles. The number of nitrogens with zero attached hydrogens (tertiary/aromatic N) is 1. The third kappa shape index (κ3) is 6.36. The smallest absolute Gasteiger partial charge is 0.0666 e. The van der Waals surface area contributed by atoms with E-state index in [9.17, 15) is 0 Å². The highest BCUT2D eigenvalue weighted by atomic mass is 14.9. The molecule has 0 aromatic heterocycles. The summed E-state index contributed by atoms with van der Waals surface area (Å²) in [5.41, 5.74) is 5.23. The van der Waals surface area contributed by atoms with Gasteiger partial charge in [0.25, 0.3) is 0 Å². The Kier molecular flexibility index (Phi) is 8.89.